The molecular formula is C12H16N2O3S. The molecule has 0 unspecified atom stereocenters. The Morgan fingerprint density at radius 2 is 2.22 bits per heavy atom. The van der Waals surface area contributed by atoms with Crippen molar-refractivity contribution in [2.45, 2.75) is 6.04 Å². The maximum absolute atomic E-state index is 12.0. The summed E-state index contributed by atoms with van der Waals surface area (Å²) in [4.78, 5) is 13.6. The molecule has 0 spiro atoms. The molecule has 0 aliphatic carbocycles. The number of benzene rings is 1. The van der Waals surface area contributed by atoms with Gasteiger partial charge in [0.15, 0.2) is 11.5 Å². The first-order chi connectivity index (χ1) is 8.63. The lowest BCUT2D eigenvalue weighted by Crippen LogP contribution is -2.43. The van der Waals surface area contributed by atoms with Crippen LogP contribution in [0.4, 0.5) is 5.69 Å². The van der Waals surface area contributed by atoms with Crippen LogP contribution in [-0.4, -0.2) is 37.8 Å². The number of thioether (sulfide) groups is 1. The molecule has 1 heterocycles. The molecule has 0 radical (unpaired) electrons. The number of ether oxygens (including phenoxy) is 2. The van der Waals surface area contributed by atoms with Crippen molar-refractivity contribution in [2.75, 3.05) is 30.7 Å². The van der Waals surface area contributed by atoms with E-state index in [1.54, 1.807) is 35.8 Å². The van der Waals surface area contributed by atoms with E-state index < -0.39 is 6.04 Å². The minimum Gasteiger partial charge on any atom is -0.454 e. The highest BCUT2D eigenvalue weighted by Crippen LogP contribution is 2.35. The third kappa shape index (κ3) is 2.54. The van der Waals surface area contributed by atoms with Crippen LogP contribution in [0.1, 0.15) is 0 Å². The Balaban J connectivity index is 2.13. The number of hydrogen-bond donors (Lipinski definition) is 1. The largest absolute Gasteiger partial charge is 0.454 e. The van der Waals surface area contributed by atoms with Gasteiger partial charge in [0.1, 0.15) is 0 Å². The van der Waals surface area contributed by atoms with E-state index in [-0.39, 0.29) is 12.7 Å². The van der Waals surface area contributed by atoms with Gasteiger partial charge in [0.05, 0.1) is 6.04 Å². The molecule has 1 aromatic carbocycles. The Labute approximate surface area is 110 Å². The molecule has 1 amide bonds. The summed E-state index contributed by atoms with van der Waals surface area (Å²) in [5, 5.41) is 0. The summed E-state index contributed by atoms with van der Waals surface area (Å²) < 4.78 is 10.5. The van der Waals surface area contributed by atoms with Crippen molar-refractivity contribution in [1.29, 1.82) is 0 Å². The van der Waals surface area contributed by atoms with Crippen LogP contribution in [0.15, 0.2) is 18.2 Å². The van der Waals surface area contributed by atoms with Crippen molar-refractivity contribution in [3.05, 3.63) is 18.2 Å². The van der Waals surface area contributed by atoms with Crippen LogP contribution in [0.5, 0.6) is 11.5 Å². The van der Waals surface area contributed by atoms with Gasteiger partial charge in [-0.05, 0) is 18.4 Å². The van der Waals surface area contributed by atoms with Gasteiger partial charge in [-0.15, -0.1) is 0 Å². The average Bonchev–Trinajstić information content (AvgIpc) is 2.84. The molecule has 0 bridgehead atoms. The van der Waals surface area contributed by atoms with Crippen LogP contribution in [0.2, 0.25) is 0 Å². The minimum absolute atomic E-state index is 0.108. The fourth-order valence-corrected chi connectivity index (χ4v) is 2.22. The molecule has 1 aliphatic heterocycles. The summed E-state index contributed by atoms with van der Waals surface area (Å²) in [6, 6.07) is 4.90. The number of amides is 1. The van der Waals surface area contributed by atoms with Gasteiger partial charge in [0, 0.05) is 24.6 Å². The zero-order valence-electron chi connectivity index (χ0n) is 10.4. The molecule has 0 aromatic heterocycles. The van der Waals surface area contributed by atoms with E-state index in [4.69, 9.17) is 15.2 Å². The first-order valence-corrected chi connectivity index (χ1v) is 6.94. The molecule has 1 aliphatic rings. The zero-order valence-corrected chi connectivity index (χ0v) is 11.2. The summed E-state index contributed by atoms with van der Waals surface area (Å²) >= 11 is 1.55. The number of carbonyl (C=O) groups is 1. The monoisotopic (exact) mass is 268 g/mol. The number of anilines is 1. The fourth-order valence-electron chi connectivity index (χ4n) is 1.72. The van der Waals surface area contributed by atoms with Crippen molar-refractivity contribution in [2.24, 2.45) is 5.73 Å². The highest BCUT2D eigenvalue weighted by molar-refractivity contribution is 7.98. The third-order valence-electron chi connectivity index (χ3n) is 2.74. The van der Waals surface area contributed by atoms with Crippen LogP contribution < -0.4 is 20.1 Å². The van der Waals surface area contributed by atoms with Gasteiger partial charge in [-0.3, -0.25) is 4.79 Å². The smallest absolute Gasteiger partial charge is 0.244 e. The predicted molar refractivity (Wildman–Crippen MR) is 72.3 cm³/mol. The Bertz CT molecular complexity index is 453. The van der Waals surface area contributed by atoms with E-state index in [2.05, 4.69) is 0 Å². The van der Waals surface area contributed by atoms with Gasteiger partial charge < -0.3 is 20.1 Å². The molecule has 0 fully saturated rings. The predicted octanol–water partition coefficient (Wildman–Crippen LogP) is 1.07. The summed E-state index contributed by atoms with van der Waals surface area (Å²) in [6.07, 6.45) is 1.92. The number of carbonyl (C=O) groups excluding carboxylic acids is 1. The number of fused-ring (bicyclic) bond motifs is 1. The zero-order chi connectivity index (χ0) is 13.1. The summed E-state index contributed by atoms with van der Waals surface area (Å²) in [5.74, 6) is 1.86. The molecule has 2 rings (SSSR count). The molecule has 2 N–H and O–H groups in total. The average molecular weight is 268 g/mol. The van der Waals surface area contributed by atoms with E-state index in [0.29, 0.717) is 17.3 Å². The highest BCUT2D eigenvalue weighted by atomic mass is 32.2. The number of nitrogens with zero attached hydrogens (tertiary/aromatic N) is 1. The molecule has 98 valence electrons. The number of rotatable bonds is 4. The van der Waals surface area contributed by atoms with E-state index in [0.717, 1.165) is 5.69 Å². The Morgan fingerprint density at radius 1 is 1.50 bits per heavy atom. The maximum atomic E-state index is 12.0. The van der Waals surface area contributed by atoms with Gasteiger partial charge in [-0.1, -0.05) is 0 Å². The van der Waals surface area contributed by atoms with Crippen LogP contribution >= 0.6 is 11.8 Å². The van der Waals surface area contributed by atoms with Crippen molar-refractivity contribution in [1.82, 2.24) is 0 Å². The second kappa shape index (κ2) is 5.49. The van der Waals surface area contributed by atoms with Gasteiger partial charge >= 0.3 is 0 Å². The summed E-state index contributed by atoms with van der Waals surface area (Å²) in [7, 11) is 1.71. The summed E-state index contributed by atoms with van der Waals surface area (Å²) in [5.41, 5.74) is 6.56. The van der Waals surface area contributed by atoms with Crippen molar-refractivity contribution < 1.29 is 14.3 Å². The maximum Gasteiger partial charge on any atom is 0.244 e. The first kappa shape index (κ1) is 13.0. The lowest BCUT2D eigenvalue weighted by Gasteiger charge is -2.21. The molecule has 1 atom stereocenters. The van der Waals surface area contributed by atoms with Crippen molar-refractivity contribution in [3.63, 3.8) is 0 Å². The molecule has 1 aromatic rings. The van der Waals surface area contributed by atoms with E-state index in [1.165, 1.54) is 0 Å². The Hall–Kier alpha value is -1.40. The molecule has 18 heavy (non-hydrogen) atoms. The quantitative estimate of drug-likeness (QED) is 0.885. The van der Waals surface area contributed by atoms with E-state index >= 15 is 0 Å². The van der Waals surface area contributed by atoms with Crippen molar-refractivity contribution >= 4 is 23.4 Å². The van der Waals surface area contributed by atoms with Crippen molar-refractivity contribution in [3.8, 4) is 11.5 Å². The Morgan fingerprint density at radius 3 is 2.94 bits per heavy atom. The SMILES string of the molecule is CSC[C@H](N)C(=O)N(C)c1ccc2c(c1)OCO2. The second-order valence-electron chi connectivity index (χ2n) is 4.00. The summed E-state index contributed by atoms with van der Waals surface area (Å²) in [6.45, 7) is 0.225. The standard InChI is InChI=1S/C12H16N2O3S/c1-14(12(15)9(13)6-18-2)8-3-4-10-11(5-8)17-7-16-10/h3-5,9H,6-7,13H2,1-2H3/t9-/m0/s1. The van der Waals surface area contributed by atoms with Gasteiger partial charge in [0.2, 0.25) is 12.7 Å². The third-order valence-corrected chi connectivity index (χ3v) is 3.43. The van der Waals surface area contributed by atoms with Crippen LogP contribution in [0, 0.1) is 0 Å². The minimum atomic E-state index is -0.490. The topological polar surface area (TPSA) is 64.8 Å². The van der Waals surface area contributed by atoms with Crippen LogP contribution in [0.25, 0.3) is 0 Å². The number of likely N-dealkylation sites (N-methyl/N-ethyl adjacent to an activating group) is 1. The fraction of sp³-hybridized carbons (Fsp3) is 0.417. The number of hydrogen-bond acceptors (Lipinski definition) is 5. The van der Waals surface area contributed by atoms with Gasteiger partial charge in [0.25, 0.3) is 0 Å². The molecule has 0 saturated heterocycles. The second-order valence-corrected chi connectivity index (χ2v) is 4.91. The van der Waals surface area contributed by atoms with Crippen LogP contribution in [0.3, 0.4) is 0 Å². The van der Waals surface area contributed by atoms with Crippen LogP contribution in [-0.2, 0) is 4.79 Å². The first-order valence-electron chi connectivity index (χ1n) is 5.55. The van der Waals surface area contributed by atoms with Gasteiger partial charge in [-0.2, -0.15) is 11.8 Å². The van der Waals surface area contributed by atoms with Gasteiger partial charge in [-0.25, -0.2) is 0 Å². The molecule has 5 nitrogen and oxygen atoms in total. The normalized spacial score (nSPS) is 14.4. The highest BCUT2D eigenvalue weighted by Gasteiger charge is 2.21. The lowest BCUT2D eigenvalue weighted by molar-refractivity contribution is -0.119. The lowest BCUT2D eigenvalue weighted by atomic mass is 10.2. The Kier molecular flexibility index (Phi) is 3.98. The van der Waals surface area contributed by atoms with E-state index in [9.17, 15) is 4.79 Å². The molecule has 6 heteroatoms. The number of nitrogens with two attached hydrogens (primary N) is 1. The molecule has 0 saturated carbocycles. The van der Waals surface area contributed by atoms with E-state index in [1.807, 2.05) is 12.3 Å². The molecular weight excluding hydrogens is 252 g/mol.